The predicted molar refractivity (Wildman–Crippen MR) is 84.8 cm³/mol. The molecule has 0 saturated heterocycles. The maximum absolute atomic E-state index is 3.87. The topological polar surface area (TPSA) is 0 Å². The molecule has 0 heterocycles. The van der Waals surface area contributed by atoms with Gasteiger partial charge in [0.05, 0.1) is 0 Å². The summed E-state index contributed by atoms with van der Waals surface area (Å²) in [6, 6.07) is 0. The number of allylic oxidation sites excluding steroid dienone is 2. The van der Waals surface area contributed by atoms with Crippen LogP contribution in [-0.2, 0) is 0 Å². The van der Waals surface area contributed by atoms with Gasteiger partial charge in [0.25, 0.3) is 0 Å². The van der Waals surface area contributed by atoms with Gasteiger partial charge in [0.2, 0.25) is 0 Å². The van der Waals surface area contributed by atoms with Crippen LogP contribution in [0.15, 0.2) is 12.2 Å². The lowest BCUT2D eigenvalue weighted by Gasteiger charge is -1.99. The Labute approximate surface area is 116 Å². The van der Waals surface area contributed by atoms with Gasteiger partial charge in [0.1, 0.15) is 0 Å². The van der Waals surface area contributed by atoms with Crippen molar-refractivity contribution >= 4 is 0 Å². The van der Waals surface area contributed by atoms with Crippen molar-refractivity contribution in [3.05, 3.63) is 19.1 Å². The molecule has 0 aliphatic carbocycles. The first-order valence-electron chi connectivity index (χ1n) is 8.36. The molecule has 1 radical (unpaired) electrons. The van der Waals surface area contributed by atoms with Crippen LogP contribution in [0, 0.1) is 6.92 Å². The molecule has 107 valence electrons. The van der Waals surface area contributed by atoms with Crippen molar-refractivity contribution in [2.75, 3.05) is 0 Å². The molecule has 0 aromatic rings. The van der Waals surface area contributed by atoms with E-state index in [1.807, 2.05) is 0 Å². The average molecular weight is 251 g/mol. The van der Waals surface area contributed by atoms with E-state index >= 15 is 0 Å². The minimum atomic E-state index is 1.11. The third kappa shape index (κ3) is 15.7. The average Bonchev–Trinajstić information content (AvgIpc) is 2.39. The van der Waals surface area contributed by atoms with Crippen molar-refractivity contribution in [2.24, 2.45) is 0 Å². The molecule has 0 rings (SSSR count). The summed E-state index contributed by atoms with van der Waals surface area (Å²) >= 11 is 0. The summed E-state index contributed by atoms with van der Waals surface area (Å²) in [4.78, 5) is 0. The Morgan fingerprint density at radius 2 is 1.06 bits per heavy atom. The van der Waals surface area contributed by atoms with Gasteiger partial charge in [-0.2, -0.15) is 0 Å². The Hall–Kier alpha value is -0.260. The van der Waals surface area contributed by atoms with E-state index in [0.29, 0.717) is 0 Å². The second kappa shape index (κ2) is 16.7. The smallest absolute Gasteiger partial charge is 0.0351 e. The zero-order chi connectivity index (χ0) is 13.3. The first-order chi connectivity index (χ1) is 8.91. The van der Waals surface area contributed by atoms with E-state index in [1.165, 1.54) is 83.5 Å². The van der Waals surface area contributed by atoms with Crippen LogP contribution in [0.3, 0.4) is 0 Å². The SMILES string of the molecule is [CH2]CCCCCC/C=C/CCCCCCCCC. The first kappa shape index (κ1) is 17.7. The van der Waals surface area contributed by atoms with Gasteiger partial charge >= 0.3 is 0 Å². The van der Waals surface area contributed by atoms with Crippen LogP contribution in [0.25, 0.3) is 0 Å². The largest absolute Gasteiger partial charge is 0.0885 e. The highest BCUT2D eigenvalue weighted by atomic mass is 14.0. The maximum Gasteiger partial charge on any atom is -0.0351 e. The van der Waals surface area contributed by atoms with Crippen LogP contribution in [0.1, 0.15) is 96.8 Å². The van der Waals surface area contributed by atoms with E-state index in [0.717, 1.165) is 6.42 Å². The molecule has 0 N–H and O–H groups in total. The van der Waals surface area contributed by atoms with Crippen molar-refractivity contribution in [2.45, 2.75) is 96.8 Å². The fraction of sp³-hybridized carbons (Fsp3) is 0.833. The van der Waals surface area contributed by atoms with Gasteiger partial charge in [-0.3, -0.25) is 0 Å². The van der Waals surface area contributed by atoms with Crippen molar-refractivity contribution in [3.63, 3.8) is 0 Å². The van der Waals surface area contributed by atoms with E-state index in [2.05, 4.69) is 26.0 Å². The lowest BCUT2D eigenvalue weighted by molar-refractivity contribution is 0.591. The van der Waals surface area contributed by atoms with Crippen LogP contribution in [0.5, 0.6) is 0 Å². The van der Waals surface area contributed by atoms with Gasteiger partial charge in [-0.1, -0.05) is 90.2 Å². The number of hydrogen-bond donors (Lipinski definition) is 0. The van der Waals surface area contributed by atoms with Crippen LogP contribution in [0.2, 0.25) is 0 Å². The lowest BCUT2D eigenvalue weighted by Crippen LogP contribution is -1.79. The molecule has 0 aliphatic heterocycles. The first-order valence-corrected chi connectivity index (χ1v) is 8.36. The normalized spacial score (nSPS) is 11.4. The summed E-state index contributed by atoms with van der Waals surface area (Å²) in [7, 11) is 0. The van der Waals surface area contributed by atoms with Crippen LogP contribution < -0.4 is 0 Å². The van der Waals surface area contributed by atoms with E-state index in [1.54, 1.807) is 0 Å². The van der Waals surface area contributed by atoms with Crippen LogP contribution >= 0.6 is 0 Å². The highest BCUT2D eigenvalue weighted by Gasteiger charge is 1.89. The second-order valence-corrected chi connectivity index (χ2v) is 5.44. The van der Waals surface area contributed by atoms with E-state index in [9.17, 15) is 0 Å². The lowest BCUT2D eigenvalue weighted by atomic mass is 10.1. The monoisotopic (exact) mass is 251 g/mol. The molecule has 0 fully saturated rings. The predicted octanol–water partition coefficient (Wildman–Crippen LogP) is 6.86. The van der Waals surface area contributed by atoms with Crippen molar-refractivity contribution < 1.29 is 0 Å². The molecule has 18 heavy (non-hydrogen) atoms. The molecule has 0 saturated carbocycles. The molecule has 0 nitrogen and oxygen atoms in total. The highest BCUT2D eigenvalue weighted by molar-refractivity contribution is 4.81. The van der Waals surface area contributed by atoms with Gasteiger partial charge in [0, 0.05) is 0 Å². The summed E-state index contributed by atoms with van der Waals surface area (Å²) < 4.78 is 0. The molecule has 0 aromatic heterocycles. The fourth-order valence-corrected chi connectivity index (χ4v) is 2.25. The van der Waals surface area contributed by atoms with Crippen molar-refractivity contribution in [1.82, 2.24) is 0 Å². The summed E-state index contributed by atoms with van der Waals surface area (Å²) in [5.41, 5.74) is 0. The molecule has 0 aromatic carbocycles. The zero-order valence-electron chi connectivity index (χ0n) is 12.8. The summed E-state index contributed by atoms with van der Waals surface area (Å²) in [6.45, 7) is 6.15. The number of hydrogen-bond acceptors (Lipinski definition) is 0. The Morgan fingerprint density at radius 1 is 0.611 bits per heavy atom. The fourth-order valence-electron chi connectivity index (χ4n) is 2.25. The number of unbranched alkanes of at least 4 members (excludes halogenated alkanes) is 12. The third-order valence-electron chi connectivity index (χ3n) is 3.51. The quantitative estimate of drug-likeness (QED) is 0.234. The van der Waals surface area contributed by atoms with E-state index in [-0.39, 0.29) is 0 Å². The van der Waals surface area contributed by atoms with E-state index < -0.39 is 0 Å². The van der Waals surface area contributed by atoms with E-state index in [4.69, 9.17) is 0 Å². The Kier molecular flexibility index (Phi) is 16.5. The molecule has 0 atom stereocenters. The molecule has 0 spiro atoms. The maximum atomic E-state index is 3.87. The minimum Gasteiger partial charge on any atom is -0.0885 e. The summed E-state index contributed by atoms with van der Waals surface area (Å²) in [5, 5.41) is 0. The van der Waals surface area contributed by atoms with Crippen molar-refractivity contribution in [3.8, 4) is 0 Å². The highest BCUT2D eigenvalue weighted by Crippen LogP contribution is 2.09. The standard InChI is InChI=1S/C18H35/c1-3-5-7-9-11-13-15-17-18-16-14-12-10-8-6-4-2/h15,17H,1,3-14,16,18H2,2H3/b17-15+. The van der Waals surface area contributed by atoms with Crippen molar-refractivity contribution in [1.29, 1.82) is 0 Å². The van der Waals surface area contributed by atoms with Gasteiger partial charge in [-0.25, -0.2) is 0 Å². The molecule has 0 heteroatoms. The molecular formula is C18H35. The Morgan fingerprint density at radius 3 is 1.56 bits per heavy atom. The molecule has 0 aliphatic rings. The second-order valence-electron chi connectivity index (χ2n) is 5.44. The molecule has 0 unspecified atom stereocenters. The molecule has 0 amide bonds. The summed E-state index contributed by atoms with van der Waals surface area (Å²) in [5.74, 6) is 0. The zero-order valence-corrected chi connectivity index (χ0v) is 12.8. The van der Waals surface area contributed by atoms with Gasteiger partial charge in [-0.15, -0.1) is 0 Å². The number of rotatable bonds is 14. The third-order valence-corrected chi connectivity index (χ3v) is 3.51. The van der Waals surface area contributed by atoms with Crippen LogP contribution in [-0.4, -0.2) is 0 Å². The molecular weight excluding hydrogens is 216 g/mol. The minimum absolute atomic E-state index is 1.11. The Balaban J connectivity index is 3.00. The summed E-state index contributed by atoms with van der Waals surface area (Å²) in [6.07, 6.45) is 23.8. The van der Waals surface area contributed by atoms with Gasteiger partial charge in [0.15, 0.2) is 0 Å². The van der Waals surface area contributed by atoms with Crippen LogP contribution in [0.4, 0.5) is 0 Å². The van der Waals surface area contributed by atoms with Gasteiger partial charge < -0.3 is 0 Å². The molecule has 0 bridgehead atoms. The Bertz CT molecular complexity index is 157. The van der Waals surface area contributed by atoms with Gasteiger partial charge in [-0.05, 0) is 25.7 Å².